The number of hydrogen-bond donors (Lipinski definition) is 1. The van der Waals surface area contributed by atoms with E-state index in [1.165, 1.54) is 0 Å². The number of aryl methyl sites for hydroxylation is 2. The van der Waals surface area contributed by atoms with Gasteiger partial charge in [-0.1, -0.05) is 35.4 Å². The van der Waals surface area contributed by atoms with E-state index in [1.54, 1.807) is 24.3 Å². The fourth-order valence-electron chi connectivity index (χ4n) is 1.79. The minimum atomic E-state index is -3.32. The lowest BCUT2D eigenvalue weighted by Crippen LogP contribution is -2.12. The van der Waals surface area contributed by atoms with E-state index < -0.39 is 7.60 Å². The molecule has 0 aromatic heterocycles. The maximum atomic E-state index is 12.8. The van der Waals surface area contributed by atoms with E-state index in [-0.39, 0.29) is 12.7 Å². The van der Waals surface area contributed by atoms with Gasteiger partial charge in [0.05, 0.1) is 6.16 Å². The summed E-state index contributed by atoms with van der Waals surface area (Å²) in [5, 5.41) is 0. The van der Waals surface area contributed by atoms with Gasteiger partial charge in [-0.15, -0.1) is 0 Å². The lowest BCUT2D eigenvalue weighted by molar-refractivity contribution is 0.386. The molecule has 4 nitrogen and oxygen atoms in total. The highest BCUT2D eigenvalue weighted by atomic mass is 31.2. The van der Waals surface area contributed by atoms with Gasteiger partial charge in [0.2, 0.25) is 0 Å². The van der Waals surface area contributed by atoms with Crippen LogP contribution in [0.3, 0.4) is 0 Å². The second kappa shape index (κ2) is 6.79. The van der Waals surface area contributed by atoms with Crippen molar-refractivity contribution in [3.05, 3.63) is 59.7 Å². The topological polar surface area (TPSA) is 61.5 Å². The van der Waals surface area contributed by atoms with Crippen molar-refractivity contribution < 1.29 is 13.6 Å². The van der Waals surface area contributed by atoms with Gasteiger partial charge in [0, 0.05) is 6.54 Å². The summed E-state index contributed by atoms with van der Waals surface area (Å²) >= 11 is 0. The Balaban J connectivity index is 2.17. The summed E-state index contributed by atoms with van der Waals surface area (Å²) in [6, 6.07) is 14.7. The highest BCUT2D eigenvalue weighted by molar-refractivity contribution is 7.54. The Kier molecular flexibility index (Phi) is 5.05. The van der Waals surface area contributed by atoms with Gasteiger partial charge in [-0.2, -0.15) is 0 Å². The Labute approximate surface area is 125 Å². The molecule has 0 amide bonds. The standard InChI is InChI=1S/C16H20NO3P/c1-13-3-7-15(8-4-13)19-21(18,12-11-17)20-16-9-5-14(2)6-10-16/h3-10H,11-12,17H2,1-2H3. The molecule has 2 aromatic carbocycles. The van der Waals surface area contributed by atoms with Gasteiger partial charge >= 0.3 is 7.60 Å². The van der Waals surface area contributed by atoms with Crippen molar-refractivity contribution in [2.45, 2.75) is 13.8 Å². The highest BCUT2D eigenvalue weighted by Gasteiger charge is 2.27. The van der Waals surface area contributed by atoms with E-state index in [1.807, 2.05) is 38.1 Å². The number of hydrogen-bond acceptors (Lipinski definition) is 4. The molecule has 0 atom stereocenters. The van der Waals surface area contributed by atoms with Gasteiger partial charge in [0.15, 0.2) is 0 Å². The number of nitrogens with two attached hydrogens (primary N) is 1. The van der Waals surface area contributed by atoms with Gasteiger partial charge in [-0.3, -0.25) is 0 Å². The highest BCUT2D eigenvalue weighted by Crippen LogP contribution is 2.47. The molecular formula is C16H20NO3P. The summed E-state index contributed by atoms with van der Waals surface area (Å²) in [6.45, 7) is 4.19. The van der Waals surface area contributed by atoms with Crippen molar-refractivity contribution >= 4 is 7.60 Å². The van der Waals surface area contributed by atoms with E-state index in [4.69, 9.17) is 14.8 Å². The maximum Gasteiger partial charge on any atom is 0.431 e. The molecule has 0 aliphatic carbocycles. The molecular weight excluding hydrogens is 285 g/mol. The van der Waals surface area contributed by atoms with Crippen molar-refractivity contribution in [3.8, 4) is 11.5 Å². The van der Waals surface area contributed by atoms with E-state index in [9.17, 15) is 4.57 Å². The molecule has 0 aliphatic rings. The van der Waals surface area contributed by atoms with Crippen molar-refractivity contribution in [2.24, 2.45) is 5.73 Å². The van der Waals surface area contributed by atoms with Crippen molar-refractivity contribution in [2.75, 3.05) is 12.7 Å². The monoisotopic (exact) mass is 305 g/mol. The van der Waals surface area contributed by atoms with Crippen LogP contribution in [0.4, 0.5) is 0 Å². The van der Waals surface area contributed by atoms with Crippen LogP contribution < -0.4 is 14.8 Å². The van der Waals surface area contributed by atoms with E-state index in [0.717, 1.165) is 11.1 Å². The number of benzene rings is 2. The molecule has 0 fully saturated rings. The van der Waals surface area contributed by atoms with Gasteiger partial charge in [0.25, 0.3) is 0 Å². The second-order valence-corrected chi connectivity index (χ2v) is 6.97. The Morgan fingerprint density at radius 2 is 1.24 bits per heavy atom. The molecule has 2 rings (SSSR count). The summed E-state index contributed by atoms with van der Waals surface area (Å²) in [5.74, 6) is 1.04. The fraction of sp³-hybridized carbons (Fsp3) is 0.250. The van der Waals surface area contributed by atoms with Crippen LogP contribution in [-0.2, 0) is 4.57 Å². The quantitative estimate of drug-likeness (QED) is 0.822. The second-order valence-electron chi connectivity index (χ2n) is 4.93. The van der Waals surface area contributed by atoms with E-state index in [2.05, 4.69) is 0 Å². The Morgan fingerprint density at radius 3 is 1.57 bits per heavy atom. The molecule has 0 saturated carbocycles. The first-order valence-corrected chi connectivity index (χ1v) is 8.55. The molecule has 0 spiro atoms. The first kappa shape index (κ1) is 15.6. The molecule has 112 valence electrons. The van der Waals surface area contributed by atoms with Crippen LogP contribution >= 0.6 is 7.60 Å². The average molecular weight is 305 g/mol. The summed E-state index contributed by atoms with van der Waals surface area (Å²) in [4.78, 5) is 0. The molecule has 0 saturated heterocycles. The van der Waals surface area contributed by atoms with Crippen molar-refractivity contribution in [3.63, 3.8) is 0 Å². The van der Waals surface area contributed by atoms with Crippen LogP contribution in [0.2, 0.25) is 0 Å². The van der Waals surface area contributed by atoms with Crippen LogP contribution in [0.5, 0.6) is 11.5 Å². The van der Waals surface area contributed by atoms with E-state index in [0.29, 0.717) is 11.5 Å². The lowest BCUT2D eigenvalue weighted by Gasteiger charge is -2.19. The molecule has 0 aliphatic heterocycles. The Hall–Kier alpha value is -1.77. The van der Waals surface area contributed by atoms with Gasteiger partial charge < -0.3 is 14.8 Å². The molecule has 0 radical (unpaired) electrons. The van der Waals surface area contributed by atoms with Gasteiger partial charge in [0.1, 0.15) is 11.5 Å². The minimum Gasteiger partial charge on any atom is -0.416 e. The third-order valence-electron chi connectivity index (χ3n) is 2.93. The normalized spacial score (nSPS) is 11.2. The summed E-state index contributed by atoms with van der Waals surface area (Å²) in [5.41, 5.74) is 7.75. The molecule has 2 aromatic rings. The van der Waals surface area contributed by atoms with Crippen LogP contribution in [-0.4, -0.2) is 12.7 Å². The smallest absolute Gasteiger partial charge is 0.416 e. The van der Waals surface area contributed by atoms with Crippen LogP contribution in [0.1, 0.15) is 11.1 Å². The minimum absolute atomic E-state index is 0.161. The zero-order chi connectivity index (χ0) is 15.3. The maximum absolute atomic E-state index is 12.8. The predicted octanol–water partition coefficient (Wildman–Crippen LogP) is 3.91. The summed E-state index contributed by atoms with van der Waals surface area (Å²) in [6.07, 6.45) is 0.161. The van der Waals surface area contributed by atoms with Crippen molar-refractivity contribution in [1.82, 2.24) is 0 Å². The lowest BCUT2D eigenvalue weighted by atomic mass is 10.2. The van der Waals surface area contributed by atoms with Crippen LogP contribution in [0.15, 0.2) is 48.5 Å². The molecule has 0 bridgehead atoms. The molecule has 21 heavy (non-hydrogen) atoms. The van der Waals surface area contributed by atoms with Crippen LogP contribution in [0, 0.1) is 13.8 Å². The van der Waals surface area contributed by atoms with Crippen LogP contribution in [0.25, 0.3) is 0 Å². The largest absolute Gasteiger partial charge is 0.431 e. The average Bonchev–Trinajstić information content (AvgIpc) is 2.44. The Morgan fingerprint density at radius 1 is 0.857 bits per heavy atom. The van der Waals surface area contributed by atoms with E-state index >= 15 is 0 Å². The molecule has 0 unspecified atom stereocenters. The first-order valence-electron chi connectivity index (χ1n) is 6.82. The molecule has 2 N–H and O–H groups in total. The summed E-state index contributed by atoms with van der Waals surface area (Å²) in [7, 11) is -3.32. The SMILES string of the molecule is Cc1ccc(OP(=O)(CCN)Oc2ccc(C)cc2)cc1. The molecule has 0 heterocycles. The predicted molar refractivity (Wildman–Crippen MR) is 85.1 cm³/mol. The van der Waals surface area contributed by atoms with Crippen molar-refractivity contribution in [1.29, 1.82) is 0 Å². The first-order chi connectivity index (χ1) is 10.0. The number of rotatable bonds is 6. The van der Waals surface area contributed by atoms with Gasteiger partial charge in [-0.05, 0) is 38.1 Å². The van der Waals surface area contributed by atoms with Gasteiger partial charge in [-0.25, -0.2) is 4.57 Å². The fourth-order valence-corrected chi connectivity index (χ4v) is 3.21. The Bertz CT molecular complexity index is 571. The third-order valence-corrected chi connectivity index (χ3v) is 4.72. The zero-order valence-electron chi connectivity index (χ0n) is 12.3. The molecule has 5 heteroatoms. The zero-order valence-corrected chi connectivity index (χ0v) is 13.2. The third kappa shape index (κ3) is 4.62. The summed E-state index contributed by atoms with van der Waals surface area (Å²) < 4.78 is 24.0.